The molecular weight excluding hydrogens is 238 g/mol. The normalized spacial score (nSPS) is 16.6. The molecule has 0 saturated heterocycles. The van der Waals surface area contributed by atoms with Crippen LogP contribution < -0.4 is 5.32 Å². The summed E-state index contributed by atoms with van der Waals surface area (Å²) in [5.41, 5.74) is 1.17. The van der Waals surface area contributed by atoms with E-state index in [9.17, 15) is 0 Å². The molecule has 2 unspecified atom stereocenters. The summed E-state index contributed by atoms with van der Waals surface area (Å²) in [7, 11) is 6.22. The first-order valence-corrected chi connectivity index (χ1v) is 7.20. The van der Waals surface area contributed by atoms with Crippen molar-refractivity contribution in [2.75, 3.05) is 20.6 Å². The second kappa shape index (κ2) is 7.01. The van der Waals surface area contributed by atoms with Gasteiger partial charge in [-0.05, 0) is 40.4 Å². The fourth-order valence-corrected chi connectivity index (χ4v) is 2.40. The molecule has 19 heavy (non-hydrogen) atoms. The Morgan fingerprint density at radius 1 is 1.42 bits per heavy atom. The third-order valence-corrected chi connectivity index (χ3v) is 4.19. The molecule has 1 aromatic heterocycles. The number of hydrogen-bond acceptors (Lipinski definition) is 4. The first-order valence-electron chi connectivity index (χ1n) is 7.20. The van der Waals surface area contributed by atoms with Crippen molar-refractivity contribution in [1.29, 1.82) is 0 Å². The second-order valence-electron chi connectivity index (χ2n) is 5.70. The minimum Gasteiger partial charge on any atom is -0.312 e. The van der Waals surface area contributed by atoms with Crippen LogP contribution in [-0.4, -0.2) is 52.1 Å². The largest absolute Gasteiger partial charge is 0.312 e. The third kappa shape index (κ3) is 4.01. The van der Waals surface area contributed by atoms with Crippen LogP contribution in [0.2, 0.25) is 0 Å². The second-order valence-corrected chi connectivity index (χ2v) is 5.70. The molecule has 1 N–H and O–H groups in total. The topological polar surface area (TPSA) is 46.0 Å². The summed E-state index contributed by atoms with van der Waals surface area (Å²) in [6.45, 7) is 7.80. The van der Waals surface area contributed by atoms with Crippen molar-refractivity contribution in [2.24, 2.45) is 7.05 Å². The standard InChI is InChI=1S/C14H29N5/c1-7-9-15-13(14(3,8-2)18(4)5)10-12-11-19(6)17-16-12/h11,13,15H,7-10H2,1-6H3. The minimum atomic E-state index is 0.118. The van der Waals surface area contributed by atoms with Crippen molar-refractivity contribution < 1.29 is 0 Å². The lowest BCUT2D eigenvalue weighted by atomic mass is 9.85. The Morgan fingerprint density at radius 2 is 2.11 bits per heavy atom. The van der Waals surface area contributed by atoms with Crippen molar-refractivity contribution in [3.8, 4) is 0 Å². The monoisotopic (exact) mass is 267 g/mol. The summed E-state index contributed by atoms with van der Waals surface area (Å²) in [6, 6.07) is 0.379. The summed E-state index contributed by atoms with van der Waals surface area (Å²) >= 11 is 0. The average molecular weight is 267 g/mol. The third-order valence-electron chi connectivity index (χ3n) is 4.19. The maximum Gasteiger partial charge on any atom is 0.0843 e. The summed E-state index contributed by atoms with van der Waals surface area (Å²) in [4.78, 5) is 2.32. The number of rotatable bonds is 8. The molecule has 0 aliphatic carbocycles. The molecule has 5 heteroatoms. The molecule has 5 nitrogen and oxygen atoms in total. The number of nitrogens with zero attached hydrogens (tertiary/aromatic N) is 4. The van der Waals surface area contributed by atoms with Gasteiger partial charge in [0.05, 0.1) is 5.69 Å². The van der Waals surface area contributed by atoms with Crippen molar-refractivity contribution in [3.05, 3.63) is 11.9 Å². The van der Waals surface area contributed by atoms with E-state index in [2.05, 4.69) is 55.4 Å². The smallest absolute Gasteiger partial charge is 0.0843 e. The van der Waals surface area contributed by atoms with Crippen molar-refractivity contribution in [2.45, 2.75) is 51.6 Å². The molecule has 1 aromatic rings. The molecular formula is C14H29N5. The van der Waals surface area contributed by atoms with E-state index in [1.54, 1.807) is 4.68 Å². The van der Waals surface area contributed by atoms with Crippen LogP contribution in [-0.2, 0) is 13.5 Å². The van der Waals surface area contributed by atoms with Crippen molar-refractivity contribution >= 4 is 0 Å². The van der Waals surface area contributed by atoms with Gasteiger partial charge in [-0.25, -0.2) is 0 Å². The lowest BCUT2D eigenvalue weighted by molar-refractivity contribution is 0.112. The lowest BCUT2D eigenvalue weighted by Crippen LogP contribution is -2.58. The number of hydrogen-bond donors (Lipinski definition) is 1. The molecule has 0 aromatic carbocycles. The molecule has 0 radical (unpaired) electrons. The number of aromatic nitrogens is 3. The Labute approximate surface area is 117 Å². The van der Waals surface area contributed by atoms with E-state index in [4.69, 9.17) is 0 Å². The maximum absolute atomic E-state index is 4.23. The minimum absolute atomic E-state index is 0.118. The van der Waals surface area contributed by atoms with Gasteiger partial charge in [0.2, 0.25) is 0 Å². The highest BCUT2D eigenvalue weighted by Crippen LogP contribution is 2.23. The van der Waals surface area contributed by atoms with Gasteiger partial charge in [-0.1, -0.05) is 19.1 Å². The molecule has 0 aliphatic rings. The summed E-state index contributed by atoms with van der Waals surface area (Å²) < 4.78 is 1.77. The van der Waals surface area contributed by atoms with Gasteiger partial charge >= 0.3 is 0 Å². The van der Waals surface area contributed by atoms with E-state index in [0.717, 1.165) is 31.5 Å². The molecule has 1 heterocycles. The first kappa shape index (κ1) is 16.1. The van der Waals surface area contributed by atoms with Crippen LogP contribution in [0.1, 0.15) is 39.3 Å². The van der Waals surface area contributed by atoms with Crippen LogP contribution in [0, 0.1) is 0 Å². The fraction of sp³-hybridized carbons (Fsp3) is 0.857. The van der Waals surface area contributed by atoms with Crippen LogP contribution in [0.3, 0.4) is 0 Å². The van der Waals surface area contributed by atoms with Gasteiger partial charge < -0.3 is 10.2 Å². The number of aryl methyl sites for hydroxylation is 1. The lowest BCUT2D eigenvalue weighted by Gasteiger charge is -2.43. The Morgan fingerprint density at radius 3 is 2.53 bits per heavy atom. The van der Waals surface area contributed by atoms with Gasteiger partial charge in [0, 0.05) is 31.2 Å². The first-order chi connectivity index (χ1) is 8.93. The molecule has 0 aliphatic heterocycles. The molecule has 0 bridgehead atoms. The zero-order chi connectivity index (χ0) is 14.5. The van der Waals surface area contributed by atoms with Crippen LogP contribution >= 0.6 is 0 Å². The molecule has 1 rings (SSSR count). The summed E-state index contributed by atoms with van der Waals surface area (Å²) in [5, 5.41) is 11.9. The maximum atomic E-state index is 4.23. The average Bonchev–Trinajstić information content (AvgIpc) is 2.78. The van der Waals surface area contributed by atoms with Crippen LogP contribution in [0.25, 0.3) is 0 Å². The SMILES string of the molecule is CCCNC(Cc1cn(C)nn1)C(C)(CC)N(C)C. The highest BCUT2D eigenvalue weighted by Gasteiger charge is 2.34. The van der Waals surface area contributed by atoms with Crippen molar-refractivity contribution in [3.63, 3.8) is 0 Å². The van der Waals surface area contributed by atoms with E-state index in [1.165, 1.54) is 0 Å². The Kier molecular flexibility index (Phi) is 5.94. The zero-order valence-corrected chi connectivity index (χ0v) is 13.3. The van der Waals surface area contributed by atoms with Gasteiger partial charge in [0.15, 0.2) is 0 Å². The van der Waals surface area contributed by atoms with Gasteiger partial charge in [-0.15, -0.1) is 5.10 Å². The van der Waals surface area contributed by atoms with Gasteiger partial charge in [0.1, 0.15) is 0 Å². The highest BCUT2D eigenvalue weighted by atomic mass is 15.4. The zero-order valence-electron chi connectivity index (χ0n) is 13.3. The predicted octanol–water partition coefficient (Wildman–Crippen LogP) is 1.46. The van der Waals surface area contributed by atoms with E-state index in [-0.39, 0.29) is 5.54 Å². The molecule has 0 saturated carbocycles. The van der Waals surface area contributed by atoms with Gasteiger partial charge in [-0.3, -0.25) is 4.68 Å². The van der Waals surface area contributed by atoms with Gasteiger partial charge in [0.25, 0.3) is 0 Å². The van der Waals surface area contributed by atoms with E-state index in [1.807, 2.05) is 13.2 Å². The van der Waals surface area contributed by atoms with E-state index < -0.39 is 0 Å². The Bertz CT molecular complexity index is 374. The van der Waals surface area contributed by atoms with Crippen molar-refractivity contribution in [1.82, 2.24) is 25.2 Å². The highest BCUT2D eigenvalue weighted by molar-refractivity contribution is 5.03. The van der Waals surface area contributed by atoms with Gasteiger partial charge in [-0.2, -0.15) is 0 Å². The van der Waals surface area contributed by atoms with Crippen LogP contribution in [0.5, 0.6) is 0 Å². The van der Waals surface area contributed by atoms with E-state index >= 15 is 0 Å². The van der Waals surface area contributed by atoms with Crippen LogP contribution in [0.15, 0.2) is 6.20 Å². The molecule has 0 fully saturated rings. The summed E-state index contributed by atoms with van der Waals surface area (Å²) in [5.74, 6) is 0. The number of nitrogens with one attached hydrogen (secondary N) is 1. The van der Waals surface area contributed by atoms with Crippen LogP contribution in [0.4, 0.5) is 0 Å². The Hall–Kier alpha value is -0.940. The fourth-order valence-electron chi connectivity index (χ4n) is 2.40. The number of likely N-dealkylation sites (N-methyl/N-ethyl adjacent to an activating group) is 1. The Balaban J connectivity index is 2.86. The predicted molar refractivity (Wildman–Crippen MR) is 79.2 cm³/mol. The molecule has 0 amide bonds. The molecule has 110 valence electrons. The quantitative estimate of drug-likeness (QED) is 0.774. The molecule has 0 spiro atoms. The molecule has 2 atom stereocenters. The van der Waals surface area contributed by atoms with E-state index in [0.29, 0.717) is 6.04 Å². The summed E-state index contributed by atoms with van der Waals surface area (Å²) in [6.07, 6.45) is 5.16.